The number of benzene rings is 3. The van der Waals surface area contributed by atoms with E-state index in [9.17, 15) is 18.8 Å². The Kier molecular flexibility index (Phi) is 8.65. The second-order valence-electron chi connectivity index (χ2n) is 9.66. The monoisotopic (exact) mass is 530 g/mol. The summed E-state index contributed by atoms with van der Waals surface area (Å²) in [6, 6.07) is 18.3. The molecule has 0 aliphatic rings. The Balaban J connectivity index is 1.76. The number of carbonyl (C=O) groups is 3. The zero-order chi connectivity index (χ0) is 27.9. The zero-order valence-corrected chi connectivity index (χ0v) is 22.1. The van der Waals surface area contributed by atoms with E-state index in [0.717, 1.165) is 6.42 Å². The van der Waals surface area contributed by atoms with Crippen molar-refractivity contribution in [2.24, 2.45) is 5.92 Å². The van der Waals surface area contributed by atoms with Gasteiger partial charge in [-0.25, -0.2) is 9.07 Å². The van der Waals surface area contributed by atoms with E-state index in [1.807, 2.05) is 18.2 Å². The summed E-state index contributed by atoms with van der Waals surface area (Å²) >= 11 is 0. The molecule has 39 heavy (non-hydrogen) atoms. The normalized spacial score (nSPS) is 11.8. The number of halogens is 1. The van der Waals surface area contributed by atoms with Crippen LogP contribution >= 0.6 is 0 Å². The second-order valence-corrected chi connectivity index (χ2v) is 9.66. The van der Waals surface area contributed by atoms with Crippen molar-refractivity contribution >= 4 is 40.1 Å². The molecule has 10 heteroatoms. The smallest absolute Gasteiger partial charge is 0.249 e. The largest absolute Gasteiger partial charge is 0.354 e. The molecule has 3 aromatic carbocycles. The van der Waals surface area contributed by atoms with Crippen LogP contribution in [0.25, 0.3) is 11.0 Å². The van der Waals surface area contributed by atoms with Gasteiger partial charge < -0.3 is 10.6 Å². The molecule has 4 aromatic rings. The molecular formula is C29H31FN6O3. The quantitative estimate of drug-likeness (QED) is 0.315. The fraction of sp³-hybridized carbons (Fsp3) is 0.276. The molecule has 0 spiro atoms. The highest BCUT2D eigenvalue weighted by Crippen LogP contribution is 2.30. The van der Waals surface area contributed by atoms with Crippen molar-refractivity contribution in [3.8, 4) is 0 Å². The van der Waals surface area contributed by atoms with Crippen LogP contribution in [0.3, 0.4) is 0 Å². The first-order chi connectivity index (χ1) is 18.7. The average Bonchev–Trinajstić information content (AvgIpc) is 3.30. The molecule has 0 radical (unpaired) electrons. The third-order valence-corrected chi connectivity index (χ3v) is 6.15. The lowest BCUT2D eigenvalue weighted by Crippen LogP contribution is -2.45. The molecule has 4 rings (SSSR count). The number of nitrogens with one attached hydrogen (secondary N) is 2. The molecule has 202 valence electrons. The van der Waals surface area contributed by atoms with E-state index >= 15 is 0 Å². The number of rotatable bonds is 10. The highest BCUT2D eigenvalue weighted by atomic mass is 19.1. The fourth-order valence-corrected chi connectivity index (χ4v) is 4.23. The molecule has 1 heterocycles. The average molecular weight is 531 g/mol. The number of para-hydroxylation sites is 1. The van der Waals surface area contributed by atoms with Gasteiger partial charge in [0.1, 0.15) is 23.9 Å². The summed E-state index contributed by atoms with van der Waals surface area (Å²) in [5.41, 5.74) is 2.72. The Labute approximate surface area is 226 Å². The van der Waals surface area contributed by atoms with Crippen LogP contribution in [0, 0.1) is 11.7 Å². The standard InChI is InChI=1S/C29H31FN6O3/c1-19(2)16-17-31-29(39)28(21-8-10-22(30)11-9-21)36(24-14-12-23(13-15-24)32-20(3)37)27(38)18-35-26-7-5-4-6-25(26)33-34-35/h4-15,19,28H,16-18H2,1-3H3,(H,31,39)(H,32,37)/t28-/m0/s1. The summed E-state index contributed by atoms with van der Waals surface area (Å²) in [5.74, 6) is -1.14. The number of hydrogen-bond acceptors (Lipinski definition) is 5. The first-order valence-corrected chi connectivity index (χ1v) is 12.7. The van der Waals surface area contributed by atoms with Crippen LogP contribution in [0.15, 0.2) is 72.8 Å². The molecule has 0 fully saturated rings. The summed E-state index contributed by atoms with van der Waals surface area (Å²) in [6.45, 7) is 5.74. The van der Waals surface area contributed by atoms with Crippen LogP contribution in [0.5, 0.6) is 0 Å². The minimum Gasteiger partial charge on any atom is -0.354 e. The molecule has 0 saturated carbocycles. The third kappa shape index (κ3) is 6.84. The topological polar surface area (TPSA) is 109 Å². The lowest BCUT2D eigenvalue weighted by Gasteiger charge is -2.32. The van der Waals surface area contributed by atoms with Crippen molar-refractivity contribution < 1.29 is 18.8 Å². The number of carbonyl (C=O) groups excluding carboxylic acids is 3. The van der Waals surface area contributed by atoms with Gasteiger partial charge in [-0.1, -0.05) is 43.3 Å². The molecule has 0 aliphatic carbocycles. The highest BCUT2D eigenvalue weighted by molar-refractivity contribution is 6.02. The summed E-state index contributed by atoms with van der Waals surface area (Å²) in [6.07, 6.45) is 0.756. The van der Waals surface area contributed by atoms with Crippen LogP contribution in [0.4, 0.5) is 15.8 Å². The molecule has 1 aromatic heterocycles. The number of nitrogens with zero attached hydrogens (tertiary/aromatic N) is 4. The van der Waals surface area contributed by atoms with Gasteiger partial charge in [0, 0.05) is 24.8 Å². The molecule has 3 amide bonds. The van der Waals surface area contributed by atoms with E-state index in [2.05, 4.69) is 34.8 Å². The van der Waals surface area contributed by atoms with E-state index < -0.39 is 23.7 Å². The van der Waals surface area contributed by atoms with Crippen molar-refractivity contribution in [3.05, 3.63) is 84.2 Å². The van der Waals surface area contributed by atoms with Crippen molar-refractivity contribution in [1.29, 1.82) is 0 Å². The predicted molar refractivity (Wildman–Crippen MR) is 147 cm³/mol. The summed E-state index contributed by atoms with van der Waals surface area (Å²) in [7, 11) is 0. The van der Waals surface area contributed by atoms with Gasteiger partial charge in [0.25, 0.3) is 0 Å². The first kappa shape index (κ1) is 27.4. The van der Waals surface area contributed by atoms with Gasteiger partial charge >= 0.3 is 0 Å². The Bertz CT molecular complexity index is 1450. The maximum absolute atomic E-state index is 14.0. The van der Waals surface area contributed by atoms with Gasteiger partial charge in [0.2, 0.25) is 17.7 Å². The minimum atomic E-state index is -1.09. The van der Waals surface area contributed by atoms with E-state index in [0.29, 0.717) is 40.4 Å². The molecule has 0 aliphatic heterocycles. The third-order valence-electron chi connectivity index (χ3n) is 6.15. The van der Waals surface area contributed by atoms with Gasteiger partial charge in [-0.2, -0.15) is 0 Å². The fourth-order valence-electron chi connectivity index (χ4n) is 4.23. The van der Waals surface area contributed by atoms with Crippen LogP contribution in [-0.4, -0.2) is 39.3 Å². The molecule has 0 saturated heterocycles. The summed E-state index contributed by atoms with van der Waals surface area (Å²) < 4.78 is 15.3. The lowest BCUT2D eigenvalue weighted by molar-refractivity contribution is -0.127. The lowest BCUT2D eigenvalue weighted by atomic mass is 10.0. The van der Waals surface area contributed by atoms with Gasteiger partial charge in [0.05, 0.1) is 5.52 Å². The second kappa shape index (κ2) is 12.3. The molecule has 9 nitrogen and oxygen atoms in total. The summed E-state index contributed by atoms with van der Waals surface area (Å²) in [5, 5.41) is 13.9. The van der Waals surface area contributed by atoms with Gasteiger partial charge in [-0.15, -0.1) is 5.10 Å². The maximum atomic E-state index is 14.0. The number of fused-ring (bicyclic) bond motifs is 1. The van der Waals surface area contributed by atoms with Crippen molar-refractivity contribution in [3.63, 3.8) is 0 Å². The Morgan fingerprint density at radius 1 is 0.974 bits per heavy atom. The molecule has 0 bridgehead atoms. The number of amides is 3. The molecule has 0 unspecified atom stereocenters. The SMILES string of the molecule is CC(=O)Nc1ccc(N(C(=O)Cn2nnc3ccccc32)[C@H](C(=O)NCCC(C)C)c2ccc(F)cc2)cc1. The number of hydrogen-bond donors (Lipinski definition) is 2. The minimum absolute atomic E-state index is 0.190. The van der Waals surface area contributed by atoms with Crippen LogP contribution in [0.2, 0.25) is 0 Å². The molecular weight excluding hydrogens is 499 g/mol. The van der Waals surface area contributed by atoms with Crippen molar-refractivity contribution in [1.82, 2.24) is 20.3 Å². The first-order valence-electron chi connectivity index (χ1n) is 12.7. The van der Waals surface area contributed by atoms with Crippen molar-refractivity contribution in [2.45, 2.75) is 39.8 Å². The molecule has 2 N–H and O–H groups in total. The van der Waals surface area contributed by atoms with Gasteiger partial charge in [-0.3, -0.25) is 19.3 Å². The number of anilines is 2. The van der Waals surface area contributed by atoms with Crippen molar-refractivity contribution in [2.75, 3.05) is 16.8 Å². The zero-order valence-electron chi connectivity index (χ0n) is 22.1. The summed E-state index contributed by atoms with van der Waals surface area (Å²) in [4.78, 5) is 40.6. The van der Waals surface area contributed by atoms with Crippen LogP contribution in [0.1, 0.15) is 38.8 Å². The van der Waals surface area contributed by atoms with Crippen LogP contribution in [-0.2, 0) is 20.9 Å². The van der Waals surface area contributed by atoms with Gasteiger partial charge in [0.15, 0.2) is 0 Å². The maximum Gasteiger partial charge on any atom is 0.249 e. The van der Waals surface area contributed by atoms with Gasteiger partial charge in [-0.05, 0) is 66.4 Å². The van der Waals surface area contributed by atoms with E-state index in [1.54, 1.807) is 30.3 Å². The Hall–Kier alpha value is -4.60. The molecule has 1 atom stereocenters. The van der Waals surface area contributed by atoms with E-state index in [-0.39, 0.29) is 12.5 Å². The highest BCUT2D eigenvalue weighted by Gasteiger charge is 2.33. The Morgan fingerprint density at radius 3 is 2.33 bits per heavy atom. The predicted octanol–water partition coefficient (Wildman–Crippen LogP) is 4.47. The van der Waals surface area contributed by atoms with Crippen LogP contribution < -0.4 is 15.5 Å². The number of aromatic nitrogens is 3. The van der Waals surface area contributed by atoms with E-state index in [4.69, 9.17) is 0 Å². The Morgan fingerprint density at radius 2 is 1.67 bits per heavy atom. The van der Waals surface area contributed by atoms with E-state index in [1.165, 1.54) is 40.8 Å².